The highest BCUT2D eigenvalue weighted by Crippen LogP contribution is 2.35. The number of rotatable bonds is 4. The molecule has 3 heteroatoms. The minimum absolute atomic E-state index is 0.379. The summed E-state index contributed by atoms with van der Waals surface area (Å²) in [7, 11) is 0. The number of halogens is 1. The molecule has 0 saturated carbocycles. The third-order valence-electron chi connectivity index (χ3n) is 4.11. The highest BCUT2D eigenvalue weighted by atomic mass is 35.5. The van der Waals surface area contributed by atoms with Crippen LogP contribution in [0.15, 0.2) is 35.7 Å². The van der Waals surface area contributed by atoms with Crippen molar-refractivity contribution in [1.82, 2.24) is 5.32 Å². The molecule has 1 aliphatic carbocycles. The fourth-order valence-corrected chi connectivity index (χ4v) is 4.26. The van der Waals surface area contributed by atoms with E-state index in [0.717, 1.165) is 11.4 Å². The van der Waals surface area contributed by atoms with Gasteiger partial charge in [-0.25, -0.2) is 0 Å². The van der Waals surface area contributed by atoms with E-state index < -0.39 is 0 Å². The Kier molecular flexibility index (Phi) is 4.45. The van der Waals surface area contributed by atoms with Crippen LogP contribution >= 0.6 is 22.9 Å². The van der Waals surface area contributed by atoms with Gasteiger partial charge < -0.3 is 5.32 Å². The van der Waals surface area contributed by atoms with Crippen molar-refractivity contribution in [1.29, 1.82) is 0 Å². The zero-order valence-electron chi connectivity index (χ0n) is 11.7. The van der Waals surface area contributed by atoms with Crippen molar-refractivity contribution in [2.45, 2.75) is 44.7 Å². The van der Waals surface area contributed by atoms with Gasteiger partial charge in [0.05, 0.1) is 0 Å². The molecule has 1 N–H and O–H groups in total. The molecule has 1 heterocycles. The van der Waals surface area contributed by atoms with Crippen molar-refractivity contribution in [2.24, 2.45) is 0 Å². The number of nitrogens with one attached hydrogen (secondary N) is 1. The molecule has 0 fully saturated rings. The van der Waals surface area contributed by atoms with Crippen molar-refractivity contribution in [3.63, 3.8) is 0 Å². The molecule has 0 amide bonds. The zero-order valence-corrected chi connectivity index (χ0v) is 13.3. The van der Waals surface area contributed by atoms with Gasteiger partial charge in [-0.1, -0.05) is 30.7 Å². The Hall–Kier alpha value is -0.830. The maximum atomic E-state index is 6.13. The predicted octanol–water partition coefficient (Wildman–Crippen LogP) is 5.52. The second-order valence-electron chi connectivity index (χ2n) is 5.43. The lowest BCUT2D eigenvalue weighted by Crippen LogP contribution is -2.28. The van der Waals surface area contributed by atoms with Crippen LogP contribution < -0.4 is 5.32 Å². The molecule has 1 aromatic heterocycles. The van der Waals surface area contributed by atoms with Crippen molar-refractivity contribution in [2.75, 3.05) is 0 Å². The van der Waals surface area contributed by atoms with Crippen LogP contribution in [-0.2, 0) is 6.42 Å². The maximum Gasteiger partial charge on any atom is 0.0409 e. The second-order valence-corrected chi connectivity index (χ2v) is 6.86. The average Bonchev–Trinajstić information content (AvgIpc) is 2.94. The van der Waals surface area contributed by atoms with Crippen LogP contribution in [0.2, 0.25) is 5.02 Å². The Labute approximate surface area is 130 Å². The monoisotopic (exact) mass is 305 g/mol. The molecular weight excluding hydrogens is 286 g/mol. The van der Waals surface area contributed by atoms with E-state index in [1.165, 1.54) is 30.4 Å². The fourth-order valence-electron chi connectivity index (χ4n) is 3.08. The summed E-state index contributed by atoms with van der Waals surface area (Å²) < 4.78 is 0. The smallest absolute Gasteiger partial charge is 0.0409 e. The maximum absolute atomic E-state index is 6.13. The highest BCUT2D eigenvalue weighted by Gasteiger charge is 2.23. The van der Waals surface area contributed by atoms with E-state index in [-0.39, 0.29) is 0 Å². The SMILES string of the molecule is CCC(NC1CCCc2sccc21)c1cccc(Cl)c1. The van der Waals surface area contributed by atoms with Crippen LogP contribution in [0.4, 0.5) is 0 Å². The number of fused-ring (bicyclic) bond motifs is 1. The normalized spacial score (nSPS) is 19.6. The Bertz CT molecular complexity index is 578. The summed E-state index contributed by atoms with van der Waals surface area (Å²) in [5.74, 6) is 0. The molecular formula is C17H20ClNS. The molecule has 0 spiro atoms. The van der Waals surface area contributed by atoms with E-state index in [9.17, 15) is 0 Å². The molecule has 0 bridgehead atoms. The van der Waals surface area contributed by atoms with Gasteiger partial charge in [-0.3, -0.25) is 0 Å². The first-order valence-electron chi connectivity index (χ1n) is 7.35. The minimum Gasteiger partial charge on any atom is -0.303 e. The van der Waals surface area contributed by atoms with E-state index in [4.69, 9.17) is 11.6 Å². The third-order valence-corrected chi connectivity index (χ3v) is 5.35. The van der Waals surface area contributed by atoms with Gasteiger partial charge in [0.1, 0.15) is 0 Å². The quantitative estimate of drug-likeness (QED) is 0.784. The number of benzene rings is 1. The molecule has 20 heavy (non-hydrogen) atoms. The fraction of sp³-hybridized carbons (Fsp3) is 0.412. The van der Waals surface area contributed by atoms with Gasteiger partial charge in [-0.05, 0) is 60.4 Å². The van der Waals surface area contributed by atoms with Gasteiger partial charge in [0.25, 0.3) is 0 Å². The van der Waals surface area contributed by atoms with Gasteiger partial charge >= 0.3 is 0 Å². The molecule has 2 atom stereocenters. The first kappa shape index (κ1) is 14.1. The largest absolute Gasteiger partial charge is 0.303 e. The lowest BCUT2D eigenvalue weighted by molar-refractivity contribution is 0.395. The molecule has 1 nitrogen and oxygen atoms in total. The Morgan fingerprint density at radius 1 is 1.40 bits per heavy atom. The van der Waals surface area contributed by atoms with Gasteiger partial charge in [0, 0.05) is 22.0 Å². The predicted molar refractivity (Wildman–Crippen MR) is 87.6 cm³/mol. The molecule has 1 aliphatic rings. The van der Waals surface area contributed by atoms with E-state index in [1.54, 1.807) is 4.88 Å². The highest BCUT2D eigenvalue weighted by molar-refractivity contribution is 7.10. The molecule has 0 saturated heterocycles. The third kappa shape index (κ3) is 2.93. The standard InChI is InChI=1S/C17H20ClNS/c1-2-15(12-5-3-6-13(18)11-12)19-16-7-4-8-17-14(16)9-10-20-17/h3,5-6,9-11,15-16,19H,2,4,7-8H2,1H3. The summed E-state index contributed by atoms with van der Waals surface area (Å²) in [6.07, 6.45) is 4.85. The van der Waals surface area contributed by atoms with Crippen LogP contribution in [-0.4, -0.2) is 0 Å². The summed E-state index contributed by atoms with van der Waals surface area (Å²) in [6.45, 7) is 2.23. The number of aryl methyl sites for hydroxylation is 1. The van der Waals surface area contributed by atoms with Gasteiger partial charge in [0.2, 0.25) is 0 Å². The van der Waals surface area contributed by atoms with Crippen molar-refractivity contribution < 1.29 is 0 Å². The van der Waals surface area contributed by atoms with Crippen molar-refractivity contribution >= 4 is 22.9 Å². The van der Waals surface area contributed by atoms with Gasteiger partial charge in [0.15, 0.2) is 0 Å². The van der Waals surface area contributed by atoms with E-state index in [0.29, 0.717) is 12.1 Å². The molecule has 0 aliphatic heterocycles. The first-order chi connectivity index (χ1) is 9.78. The molecule has 2 aromatic rings. The topological polar surface area (TPSA) is 12.0 Å². The van der Waals surface area contributed by atoms with Crippen LogP contribution in [0.3, 0.4) is 0 Å². The lowest BCUT2D eigenvalue weighted by Gasteiger charge is -2.29. The lowest BCUT2D eigenvalue weighted by atomic mass is 9.92. The first-order valence-corrected chi connectivity index (χ1v) is 8.61. The van der Waals surface area contributed by atoms with Crippen LogP contribution in [0, 0.1) is 0 Å². The Morgan fingerprint density at radius 2 is 2.30 bits per heavy atom. The summed E-state index contributed by atoms with van der Waals surface area (Å²) in [6, 6.07) is 11.4. The van der Waals surface area contributed by atoms with Crippen LogP contribution in [0.1, 0.15) is 54.3 Å². The zero-order chi connectivity index (χ0) is 13.9. The van der Waals surface area contributed by atoms with Crippen molar-refractivity contribution in [3.05, 3.63) is 56.7 Å². The van der Waals surface area contributed by atoms with Crippen LogP contribution in [0.5, 0.6) is 0 Å². The summed E-state index contributed by atoms with van der Waals surface area (Å²) in [4.78, 5) is 1.56. The molecule has 1 aromatic carbocycles. The summed E-state index contributed by atoms with van der Waals surface area (Å²) >= 11 is 8.03. The second kappa shape index (κ2) is 6.30. The number of hydrogen-bond acceptors (Lipinski definition) is 2. The molecule has 0 radical (unpaired) electrons. The number of thiophene rings is 1. The molecule has 106 valence electrons. The Morgan fingerprint density at radius 3 is 3.10 bits per heavy atom. The summed E-state index contributed by atoms with van der Waals surface area (Å²) in [5, 5.41) is 6.89. The Balaban J connectivity index is 1.80. The average molecular weight is 306 g/mol. The molecule has 2 unspecified atom stereocenters. The van der Waals surface area contributed by atoms with Gasteiger partial charge in [-0.2, -0.15) is 0 Å². The van der Waals surface area contributed by atoms with E-state index in [1.807, 2.05) is 23.5 Å². The minimum atomic E-state index is 0.379. The number of hydrogen-bond donors (Lipinski definition) is 1. The molecule has 3 rings (SSSR count). The van der Waals surface area contributed by atoms with Crippen molar-refractivity contribution in [3.8, 4) is 0 Å². The van der Waals surface area contributed by atoms with E-state index >= 15 is 0 Å². The van der Waals surface area contributed by atoms with Gasteiger partial charge in [-0.15, -0.1) is 11.3 Å². The van der Waals surface area contributed by atoms with E-state index in [2.05, 4.69) is 35.8 Å². The van der Waals surface area contributed by atoms with Crippen LogP contribution in [0.25, 0.3) is 0 Å². The summed E-state index contributed by atoms with van der Waals surface area (Å²) in [5.41, 5.74) is 2.81.